The van der Waals surface area contributed by atoms with E-state index in [0.717, 1.165) is 18.8 Å². The van der Waals surface area contributed by atoms with Gasteiger partial charge < -0.3 is 4.98 Å². The Kier molecular flexibility index (Phi) is 4.87. The molecule has 1 fully saturated rings. The number of halogens is 1. The summed E-state index contributed by atoms with van der Waals surface area (Å²) in [5.74, 6) is 0.825. The molecule has 1 heterocycles. The lowest BCUT2D eigenvalue weighted by molar-refractivity contribution is 0.297. The second-order valence-electron chi connectivity index (χ2n) is 5.30. The standard InChI is InChI=1S/C14H21FN2S/c1-2-3-4-10-5-7-11(8-6-10)13-12(15)14(18)17-9-16-13/h9-11H,2-8H2,1H3,(H,16,17,18). The third-order valence-electron chi connectivity index (χ3n) is 4.05. The average Bonchev–Trinajstić information content (AvgIpc) is 2.40. The number of aromatic amines is 1. The summed E-state index contributed by atoms with van der Waals surface area (Å²) in [6.45, 7) is 2.23. The summed E-state index contributed by atoms with van der Waals surface area (Å²) in [5, 5.41) is 0. The van der Waals surface area contributed by atoms with E-state index < -0.39 is 0 Å². The van der Waals surface area contributed by atoms with Gasteiger partial charge in [-0.25, -0.2) is 9.37 Å². The maximum Gasteiger partial charge on any atom is 0.179 e. The van der Waals surface area contributed by atoms with Crippen molar-refractivity contribution in [2.24, 2.45) is 5.92 Å². The Morgan fingerprint density at radius 2 is 2.11 bits per heavy atom. The van der Waals surface area contributed by atoms with Gasteiger partial charge in [0.15, 0.2) is 10.5 Å². The van der Waals surface area contributed by atoms with E-state index in [4.69, 9.17) is 12.2 Å². The average molecular weight is 268 g/mol. The topological polar surface area (TPSA) is 28.7 Å². The highest BCUT2D eigenvalue weighted by Crippen LogP contribution is 2.37. The minimum Gasteiger partial charge on any atom is -0.347 e. The lowest BCUT2D eigenvalue weighted by atomic mass is 9.78. The summed E-state index contributed by atoms with van der Waals surface area (Å²) >= 11 is 4.88. The van der Waals surface area contributed by atoms with Crippen molar-refractivity contribution in [3.8, 4) is 0 Å². The highest BCUT2D eigenvalue weighted by atomic mass is 32.1. The van der Waals surface area contributed by atoms with Gasteiger partial charge in [0, 0.05) is 5.92 Å². The maximum absolute atomic E-state index is 13.9. The Labute approximate surface area is 113 Å². The fourth-order valence-electron chi connectivity index (χ4n) is 2.93. The molecule has 0 spiro atoms. The molecular formula is C14H21FN2S. The van der Waals surface area contributed by atoms with Crippen molar-refractivity contribution in [3.63, 3.8) is 0 Å². The lowest BCUT2D eigenvalue weighted by Crippen LogP contribution is -2.15. The molecule has 1 aromatic rings. The molecule has 1 aromatic heterocycles. The third-order valence-corrected chi connectivity index (χ3v) is 4.33. The van der Waals surface area contributed by atoms with Crippen molar-refractivity contribution < 1.29 is 4.39 Å². The summed E-state index contributed by atoms with van der Waals surface area (Å²) in [5.41, 5.74) is 0.670. The van der Waals surface area contributed by atoms with Crippen LogP contribution in [0.25, 0.3) is 0 Å². The van der Waals surface area contributed by atoms with Gasteiger partial charge in [-0.3, -0.25) is 0 Å². The van der Waals surface area contributed by atoms with Crippen LogP contribution in [0.2, 0.25) is 0 Å². The Balaban J connectivity index is 1.97. The monoisotopic (exact) mass is 268 g/mol. The molecule has 0 atom stereocenters. The normalized spacial score (nSPS) is 24.1. The van der Waals surface area contributed by atoms with Gasteiger partial charge in [0.1, 0.15) is 0 Å². The third kappa shape index (κ3) is 3.16. The fourth-order valence-corrected chi connectivity index (χ4v) is 3.09. The second kappa shape index (κ2) is 6.41. The van der Waals surface area contributed by atoms with Gasteiger partial charge in [-0.05, 0) is 31.6 Å². The first-order valence-corrected chi connectivity index (χ1v) is 7.36. The molecule has 0 unspecified atom stereocenters. The molecule has 1 saturated carbocycles. The van der Waals surface area contributed by atoms with Crippen LogP contribution >= 0.6 is 12.2 Å². The minimum absolute atomic E-state index is 0.0943. The van der Waals surface area contributed by atoms with Crippen LogP contribution in [-0.2, 0) is 0 Å². The summed E-state index contributed by atoms with van der Waals surface area (Å²) in [6, 6.07) is 0. The van der Waals surface area contributed by atoms with Gasteiger partial charge in [-0.2, -0.15) is 0 Å². The van der Waals surface area contributed by atoms with Crippen LogP contribution < -0.4 is 0 Å². The van der Waals surface area contributed by atoms with Crippen LogP contribution in [0.4, 0.5) is 4.39 Å². The predicted molar refractivity (Wildman–Crippen MR) is 73.6 cm³/mol. The summed E-state index contributed by atoms with van der Waals surface area (Å²) < 4.78 is 14.0. The van der Waals surface area contributed by atoms with Crippen LogP contribution in [0, 0.1) is 16.4 Å². The molecular weight excluding hydrogens is 247 g/mol. The van der Waals surface area contributed by atoms with E-state index in [1.54, 1.807) is 0 Å². The van der Waals surface area contributed by atoms with Crippen LogP contribution in [0.5, 0.6) is 0 Å². The molecule has 2 rings (SSSR count). The van der Waals surface area contributed by atoms with E-state index in [9.17, 15) is 4.39 Å². The first kappa shape index (κ1) is 13.7. The molecule has 2 nitrogen and oxygen atoms in total. The second-order valence-corrected chi connectivity index (χ2v) is 5.68. The number of H-pyrrole nitrogens is 1. The number of aromatic nitrogens is 2. The molecule has 0 amide bonds. The number of hydrogen-bond acceptors (Lipinski definition) is 2. The van der Waals surface area contributed by atoms with E-state index in [2.05, 4.69) is 16.9 Å². The molecule has 1 aliphatic rings. The van der Waals surface area contributed by atoms with Crippen molar-refractivity contribution in [3.05, 3.63) is 22.5 Å². The Bertz CT molecular complexity index is 436. The number of nitrogens with zero attached hydrogens (tertiary/aromatic N) is 1. The summed E-state index contributed by atoms with van der Waals surface area (Å²) in [7, 11) is 0. The zero-order chi connectivity index (χ0) is 13.0. The van der Waals surface area contributed by atoms with E-state index >= 15 is 0 Å². The number of hydrogen-bond donors (Lipinski definition) is 1. The van der Waals surface area contributed by atoms with Crippen molar-refractivity contribution in [2.75, 3.05) is 0 Å². The predicted octanol–water partition coefficient (Wildman–Crippen LogP) is 4.74. The highest BCUT2D eigenvalue weighted by molar-refractivity contribution is 7.71. The molecule has 0 bridgehead atoms. The number of unbranched alkanes of at least 4 members (excludes halogenated alkanes) is 1. The number of nitrogens with one attached hydrogen (secondary N) is 1. The van der Waals surface area contributed by atoms with Crippen molar-refractivity contribution in [2.45, 2.75) is 57.8 Å². The van der Waals surface area contributed by atoms with Crippen LogP contribution in [-0.4, -0.2) is 9.97 Å². The van der Waals surface area contributed by atoms with Crippen LogP contribution in [0.3, 0.4) is 0 Å². The largest absolute Gasteiger partial charge is 0.347 e. The van der Waals surface area contributed by atoms with Gasteiger partial charge in [0.25, 0.3) is 0 Å². The Morgan fingerprint density at radius 1 is 1.39 bits per heavy atom. The van der Waals surface area contributed by atoms with Crippen molar-refractivity contribution in [1.82, 2.24) is 9.97 Å². The first-order chi connectivity index (χ1) is 8.72. The van der Waals surface area contributed by atoms with E-state index in [0.29, 0.717) is 11.6 Å². The smallest absolute Gasteiger partial charge is 0.179 e. The molecule has 100 valence electrons. The molecule has 0 radical (unpaired) electrons. The number of rotatable bonds is 4. The molecule has 4 heteroatoms. The van der Waals surface area contributed by atoms with Crippen molar-refractivity contribution in [1.29, 1.82) is 0 Å². The van der Waals surface area contributed by atoms with E-state index in [-0.39, 0.29) is 10.5 Å². The lowest BCUT2D eigenvalue weighted by Gasteiger charge is -2.28. The van der Waals surface area contributed by atoms with Gasteiger partial charge in [0.05, 0.1) is 12.0 Å². The molecule has 0 aliphatic heterocycles. The molecule has 0 saturated heterocycles. The van der Waals surface area contributed by atoms with Gasteiger partial charge in [0.2, 0.25) is 0 Å². The van der Waals surface area contributed by atoms with Crippen molar-refractivity contribution >= 4 is 12.2 Å². The van der Waals surface area contributed by atoms with E-state index in [1.165, 1.54) is 38.4 Å². The van der Waals surface area contributed by atoms with Gasteiger partial charge >= 0.3 is 0 Å². The maximum atomic E-state index is 13.9. The van der Waals surface area contributed by atoms with Gasteiger partial charge in [-0.15, -0.1) is 0 Å². The highest BCUT2D eigenvalue weighted by Gasteiger charge is 2.24. The molecule has 1 aliphatic carbocycles. The molecule has 1 N–H and O–H groups in total. The van der Waals surface area contributed by atoms with Gasteiger partial charge in [-0.1, -0.05) is 38.4 Å². The molecule has 0 aromatic carbocycles. The fraction of sp³-hybridized carbons (Fsp3) is 0.714. The zero-order valence-electron chi connectivity index (χ0n) is 10.9. The Morgan fingerprint density at radius 3 is 2.78 bits per heavy atom. The quantitative estimate of drug-likeness (QED) is 0.799. The van der Waals surface area contributed by atoms with E-state index in [1.807, 2.05) is 0 Å². The summed E-state index contributed by atoms with van der Waals surface area (Å²) in [4.78, 5) is 6.73. The first-order valence-electron chi connectivity index (χ1n) is 6.95. The van der Waals surface area contributed by atoms with Crippen LogP contribution in [0.15, 0.2) is 6.33 Å². The van der Waals surface area contributed by atoms with Crippen LogP contribution in [0.1, 0.15) is 63.5 Å². The SMILES string of the molecule is CCCCC1CCC(c2[nH]cnc(=S)c2F)CC1. The summed E-state index contributed by atoms with van der Waals surface area (Å²) in [6.07, 6.45) is 10.0. The zero-order valence-corrected chi connectivity index (χ0v) is 11.7. The molecule has 18 heavy (non-hydrogen) atoms. The minimum atomic E-state index is -0.315. The Hall–Kier alpha value is -0.770.